The third-order valence-corrected chi connectivity index (χ3v) is 6.36. The number of para-hydroxylation sites is 1. The normalized spacial score (nSPS) is 10.9. The lowest BCUT2D eigenvalue weighted by Gasteiger charge is -2.23. The van der Waals surface area contributed by atoms with Crippen LogP contribution in [-0.2, 0) is 16.6 Å². The molecule has 0 aliphatic rings. The summed E-state index contributed by atoms with van der Waals surface area (Å²) in [5.41, 5.74) is 3.36. The lowest BCUT2D eigenvalue weighted by molar-refractivity contribution is 0.0959. The topological polar surface area (TPSA) is 95.6 Å². The minimum absolute atomic E-state index is 0.185. The van der Waals surface area contributed by atoms with Gasteiger partial charge in [-0.15, -0.1) is 6.58 Å². The number of hydrogen-bond acceptors (Lipinski definition) is 4. The fourth-order valence-electron chi connectivity index (χ4n) is 3.37. The van der Waals surface area contributed by atoms with E-state index in [9.17, 15) is 18.0 Å². The first-order valence-electron chi connectivity index (χ1n) is 10.6. The highest BCUT2D eigenvalue weighted by atomic mass is 32.2. The molecule has 0 spiro atoms. The minimum atomic E-state index is -3.56. The molecule has 3 aromatic carbocycles. The number of nitrogens with zero attached hydrogens (tertiary/aromatic N) is 1. The molecule has 0 heterocycles. The molecule has 0 saturated heterocycles. The third-order valence-electron chi connectivity index (χ3n) is 5.22. The fourth-order valence-corrected chi connectivity index (χ4v) is 4.24. The molecule has 2 N–H and O–H groups in total. The zero-order chi connectivity index (χ0) is 24.7. The molecule has 3 aromatic rings. The van der Waals surface area contributed by atoms with Crippen LogP contribution in [0.1, 0.15) is 31.8 Å². The maximum absolute atomic E-state index is 12.8. The summed E-state index contributed by atoms with van der Waals surface area (Å²) in [5.74, 6) is -0.744. The Labute approximate surface area is 200 Å². The number of anilines is 2. The molecule has 7 nitrogen and oxygen atoms in total. The van der Waals surface area contributed by atoms with Crippen LogP contribution in [-0.4, -0.2) is 33.0 Å². The lowest BCUT2D eigenvalue weighted by Crippen LogP contribution is -2.29. The molecule has 34 heavy (non-hydrogen) atoms. The zero-order valence-corrected chi connectivity index (χ0v) is 19.9. The largest absolute Gasteiger partial charge is 0.349 e. The molecular weight excluding hydrogens is 450 g/mol. The summed E-state index contributed by atoms with van der Waals surface area (Å²) in [4.78, 5) is 25.2. The average Bonchev–Trinajstić information content (AvgIpc) is 2.81. The lowest BCUT2D eigenvalue weighted by atomic mass is 10.1. The van der Waals surface area contributed by atoms with E-state index in [1.165, 1.54) is 4.31 Å². The second-order valence-corrected chi connectivity index (χ2v) is 9.65. The van der Waals surface area contributed by atoms with Crippen LogP contribution >= 0.6 is 0 Å². The molecule has 0 radical (unpaired) electrons. The number of amides is 2. The Bertz CT molecular complexity index is 1300. The van der Waals surface area contributed by atoms with Crippen LogP contribution < -0.4 is 14.9 Å². The minimum Gasteiger partial charge on any atom is -0.349 e. The van der Waals surface area contributed by atoms with Crippen molar-refractivity contribution in [3.63, 3.8) is 0 Å². The Morgan fingerprint density at radius 3 is 2.24 bits per heavy atom. The van der Waals surface area contributed by atoms with Crippen molar-refractivity contribution in [1.29, 1.82) is 0 Å². The average molecular weight is 478 g/mol. The van der Waals surface area contributed by atoms with Gasteiger partial charge in [0.25, 0.3) is 11.8 Å². The van der Waals surface area contributed by atoms with Crippen molar-refractivity contribution in [1.82, 2.24) is 5.32 Å². The number of rotatable bonds is 9. The van der Waals surface area contributed by atoms with Gasteiger partial charge in [0.2, 0.25) is 10.0 Å². The summed E-state index contributed by atoms with van der Waals surface area (Å²) in [6, 6.07) is 20.6. The van der Waals surface area contributed by atoms with E-state index in [4.69, 9.17) is 0 Å². The number of carbonyl (C=O) groups is 2. The summed E-state index contributed by atoms with van der Waals surface area (Å²) < 4.78 is 26.3. The molecule has 176 valence electrons. The van der Waals surface area contributed by atoms with E-state index in [-0.39, 0.29) is 12.5 Å². The Balaban J connectivity index is 1.81. The number of sulfonamides is 1. The van der Waals surface area contributed by atoms with Gasteiger partial charge in [-0.25, -0.2) is 8.42 Å². The van der Waals surface area contributed by atoms with Gasteiger partial charge in [-0.2, -0.15) is 0 Å². The fraction of sp³-hybridized carbons (Fsp3) is 0.154. The van der Waals surface area contributed by atoms with Gasteiger partial charge in [0.1, 0.15) is 0 Å². The summed E-state index contributed by atoms with van der Waals surface area (Å²) in [6.45, 7) is 5.99. The van der Waals surface area contributed by atoms with Crippen molar-refractivity contribution in [3.8, 4) is 0 Å². The molecule has 0 aliphatic heterocycles. The van der Waals surface area contributed by atoms with Gasteiger partial charge in [-0.1, -0.05) is 42.5 Å². The van der Waals surface area contributed by atoms with E-state index in [2.05, 4.69) is 17.2 Å². The standard InChI is InChI=1S/C26H27N3O4S/c1-4-17-27-26(31)23-11-7-8-12-24(23)28-25(30)20-13-15-22(16-14-20)29(34(3,32)33)18-21-10-6-5-9-19(21)2/h4-16H,1,17-18H2,2-3H3,(H,27,31)(H,28,30). The monoisotopic (exact) mass is 477 g/mol. The molecule has 8 heteroatoms. The highest BCUT2D eigenvalue weighted by molar-refractivity contribution is 7.92. The number of hydrogen-bond donors (Lipinski definition) is 2. The first-order valence-corrected chi connectivity index (χ1v) is 12.5. The highest BCUT2D eigenvalue weighted by Crippen LogP contribution is 2.23. The summed E-state index contributed by atoms with van der Waals surface area (Å²) in [7, 11) is -3.56. The highest BCUT2D eigenvalue weighted by Gasteiger charge is 2.20. The smallest absolute Gasteiger partial charge is 0.255 e. The second-order valence-electron chi connectivity index (χ2n) is 7.74. The second kappa shape index (κ2) is 10.8. The molecular formula is C26H27N3O4S. The quantitative estimate of drug-likeness (QED) is 0.453. The van der Waals surface area contributed by atoms with Gasteiger partial charge in [-0.05, 0) is 54.4 Å². The SMILES string of the molecule is C=CCNC(=O)c1ccccc1NC(=O)c1ccc(N(Cc2ccccc2C)S(C)(=O)=O)cc1. The summed E-state index contributed by atoms with van der Waals surface area (Å²) >= 11 is 0. The first-order chi connectivity index (χ1) is 16.2. The van der Waals surface area contributed by atoms with Gasteiger partial charge >= 0.3 is 0 Å². The molecule has 2 amide bonds. The Kier molecular flexibility index (Phi) is 7.86. The number of nitrogens with one attached hydrogen (secondary N) is 2. The van der Waals surface area contributed by atoms with Crippen molar-refractivity contribution < 1.29 is 18.0 Å². The third kappa shape index (κ3) is 6.11. The number of carbonyl (C=O) groups excluding carboxylic acids is 2. The van der Waals surface area contributed by atoms with E-state index in [1.807, 2.05) is 31.2 Å². The molecule has 0 bridgehead atoms. The molecule has 3 rings (SSSR count). The van der Waals surface area contributed by atoms with Crippen LogP contribution in [0, 0.1) is 6.92 Å². The van der Waals surface area contributed by atoms with E-state index in [0.29, 0.717) is 29.0 Å². The van der Waals surface area contributed by atoms with Crippen molar-refractivity contribution in [3.05, 3.63) is 108 Å². The van der Waals surface area contributed by atoms with Crippen molar-refractivity contribution in [2.45, 2.75) is 13.5 Å². The first kappa shape index (κ1) is 24.7. The van der Waals surface area contributed by atoms with Gasteiger partial charge < -0.3 is 10.6 Å². The van der Waals surface area contributed by atoms with Crippen LogP contribution in [0.25, 0.3) is 0 Å². The maximum Gasteiger partial charge on any atom is 0.255 e. The Hall–Kier alpha value is -3.91. The van der Waals surface area contributed by atoms with Gasteiger partial charge in [0.15, 0.2) is 0 Å². The van der Waals surface area contributed by atoms with Gasteiger partial charge in [-0.3, -0.25) is 13.9 Å². The predicted octanol–water partition coefficient (Wildman–Crippen LogP) is 4.13. The van der Waals surface area contributed by atoms with E-state index in [0.717, 1.165) is 17.4 Å². The van der Waals surface area contributed by atoms with Crippen LogP contribution in [0.4, 0.5) is 11.4 Å². The van der Waals surface area contributed by atoms with Gasteiger partial charge in [0.05, 0.1) is 29.7 Å². The Morgan fingerprint density at radius 1 is 0.941 bits per heavy atom. The van der Waals surface area contributed by atoms with Crippen molar-refractivity contribution in [2.24, 2.45) is 0 Å². The molecule has 0 saturated carbocycles. The van der Waals surface area contributed by atoms with Crippen LogP contribution in [0.15, 0.2) is 85.5 Å². The molecule has 0 aromatic heterocycles. The number of benzene rings is 3. The van der Waals surface area contributed by atoms with Crippen LogP contribution in [0.3, 0.4) is 0 Å². The van der Waals surface area contributed by atoms with Gasteiger partial charge in [0, 0.05) is 12.1 Å². The van der Waals surface area contributed by atoms with Crippen molar-refractivity contribution >= 4 is 33.2 Å². The van der Waals surface area contributed by atoms with E-state index >= 15 is 0 Å². The maximum atomic E-state index is 12.8. The number of aryl methyl sites for hydroxylation is 1. The van der Waals surface area contributed by atoms with Crippen molar-refractivity contribution in [2.75, 3.05) is 22.4 Å². The van der Waals surface area contributed by atoms with Crippen LogP contribution in [0.5, 0.6) is 0 Å². The predicted molar refractivity (Wildman–Crippen MR) is 136 cm³/mol. The van der Waals surface area contributed by atoms with E-state index in [1.54, 1.807) is 54.6 Å². The molecule has 0 unspecified atom stereocenters. The molecule has 0 aliphatic carbocycles. The summed E-state index contributed by atoms with van der Waals surface area (Å²) in [6.07, 6.45) is 2.72. The zero-order valence-electron chi connectivity index (χ0n) is 19.1. The van der Waals surface area contributed by atoms with Crippen LogP contribution in [0.2, 0.25) is 0 Å². The van der Waals surface area contributed by atoms with E-state index < -0.39 is 15.9 Å². The summed E-state index contributed by atoms with van der Waals surface area (Å²) in [5, 5.41) is 5.44. The molecule has 0 fully saturated rings. The molecule has 0 atom stereocenters. The Morgan fingerprint density at radius 2 is 1.59 bits per heavy atom.